The third-order valence-electron chi connectivity index (χ3n) is 4.15. The van der Waals surface area contributed by atoms with Crippen LogP contribution in [0.4, 0.5) is 10.2 Å². The summed E-state index contributed by atoms with van der Waals surface area (Å²) in [5.41, 5.74) is 1.40. The summed E-state index contributed by atoms with van der Waals surface area (Å²) in [6, 6.07) is 8.24. The Kier molecular flexibility index (Phi) is 4.82. The van der Waals surface area contributed by atoms with Crippen molar-refractivity contribution in [3.8, 4) is 0 Å². The van der Waals surface area contributed by atoms with Crippen molar-refractivity contribution >= 4 is 15.8 Å². The van der Waals surface area contributed by atoms with Crippen molar-refractivity contribution in [3.63, 3.8) is 0 Å². The van der Waals surface area contributed by atoms with Crippen molar-refractivity contribution in [2.45, 2.75) is 31.2 Å². The fourth-order valence-corrected chi connectivity index (χ4v) is 4.12. The molecule has 1 aliphatic heterocycles. The maximum Gasteiger partial charge on any atom is 0.244 e. The molecule has 1 fully saturated rings. The molecule has 0 saturated carbocycles. The average Bonchev–Trinajstić information content (AvgIpc) is 3.12. The Morgan fingerprint density at radius 1 is 1.21 bits per heavy atom. The normalized spacial score (nSPS) is 15.6. The highest BCUT2D eigenvalue weighted by Gasteiger charge is 2.27. The van der Waals surface area contributed by atoms with Gasteiger partial charge in [-0.15, -0.1) is 0 Å². The number of aryl methyl sites for hydroxylation is 1. The molecule has 0 atom stereocenters. The molecule has 0 aliphatic carbocycles. The molecule has 1 aromatic carbocycles. The van der Waals surface area contributed by atoms with Crippen LogP contribution in [0, 0.1) is 12.7 Å². The van der Waals surface area contributed by atoms with E-state index in [1.165, 1.54) is 16.6 Å². The fraction of sp³-hybridized carbons (Fsp3) is 0.353. The van der Waals surface area contributed by atoms with Gasteiger partial charge in [-0.3, -0.25) is 0 Å². The Morgan fingerprint density at radius 2 is 1.96 bits per heavy atom. The topological polar surface area (TPSA) is 62.3 Å². The maximum absolute atomic E-state index is 13.5. The molecular formula is C17H20FN3O2S. The molecule has 128 valence electrons. The molecule has 5 nitrogen and oxygen atoms in total. The van der Waals surface area contributed by atoms with Crippen LogP contribution in [0.3, 0.4) is 0 Å². The van der Waals surface area contributed by atoms with Gasteiger partial charge in [0.15, 0.2) is 0 Å². The van der Waals surface area contributed by atoms with E-state index >= 15 is 0 Å². The molecular weight excluding hydrogens is 329 g/mol. The molecule has 1 aromatic heterocycles. The lowest BCUT2D eigenvalue weighted by Gasteiger charge is -2.15. The van der Waals surface area contributed by atoms with Gasteiger partial charge in [0.1, 0.15) is 16.5 Å². The minimum Gasteiger partial charge on any atom is -0.366 e. The van der Waals surface area contributed by atoms with Gasteiger partial charge in [-0.25, -0.2) is 17.8 Å². The predicted molar refractivity (Wildman–Crippen MR) is 90.7 cm³/mol. The number of hydrogen-bond donors (Lipinski definition) is 1. The predicted octanol–water partition coefficient (Wildman–Crippen LogP) is 2.93. The zero-order chi connectivity index (χ0) is 17.2. The molecule has 24 heavy (non-hydrogen) atoms. The Morgan fingerprint density at radius 3 is 2.58 bits per heavy atom. The first-order valence-electron chi connectivity index (χ1n) is 7.92. The van der Waals surface area contributed by atoms with Crippen LogP contribution < -0.4 is 5.32 Å². The number of anilines is 1. The van der Waals surface area contributed by atoms with E-state index in [1.54, 1.807) is 25.1 Å². The number of rotatable bonds is 5. The quantitative estimate of drug-likeness (QED) is 0.901. The van der Waals surface area contributed by atoms with Crippen molar-refractivity contribution in [1.82, 2.24) is 9.29 Å². The highest BCUT2D eigenvalue weighted by molar-refractivity contribution is 7.89. The highest BCUT2D eigenvalue weighted by atomic mass is 32.2. The van der Waals surface area contributed by atoms with Crippen molar-refractivity contribution in [1.29, 1.82) is 0 Å². The number of halogens is 1. The molecule has 0 bridgehead atoms. The van der Waals surface area contributed by atoms with Crippen LogP contribution in [0.15, 0.2) is 41.4 Å². The van der Waals surface area contributed by atoms with Crippen molar-refractivity contribution < 1.29 is 12.8 Å². The van der Waals surface area contributed by atoms with Crippen LogP contribution >= 0.6 is 0 Å². The van der Waals surface area contributed by atoms with Crippen LogP contribution in [-0.4, -0.2) is 30.8 Å². The monoisotopic (exact) mass is 349 g/mol. The maximum atomic E-state index is 13.5. The van der Waals surface area contributed by atoms with Crippen molar-refractivity contribution in [2.24, 2.45) is 0 Å². The summed E-state index contributed by atoms with van der Waals surface area (Å²) < 4.78 is 39.9. The summed E-state index contributed by atoms with van der Waals surface area (Å²) in [6.45, 7) is 3.28. The summed E-state index contributed by atoms with van der Waals surface area (Å²) in [5, 5.41) is 3.07. The molecule has 7 heteroatoms. The largest absolute Gasteiger partial charge is 0.366 e. The first-order valence-corrected chi connectivity index (χ1v) is 9.36. The molecule has 1 saturated heterocycles. The SMILES string of the molecule is Cc1ccc(CNc2ccc(S(=O)(=O)N3CCCC3)cn2)cc1F. The molecule has 0 spiro atoms. The van der Waals surface area contributed by atoms with E-state index in [-0.39, 0.29) is 10.7 Å². The standard InChI is InChI=1S/C17H20FN3O2S/c1-13-4-5-14(10-16(13)18)11-19-17-7-6-15(12-20-17)24(22,23)21-8-2-3-9-21/h4-7,10,12H,2-3,8-9,11H2,1H3,(H,19,20). The van der Waals surface area contributed by atoms with Gasteiger partial charge in [0, 0.05) is 25.8 Å². The van der Waals surface area contributed by atoms with Gasteiger partial charge in [-0.05, 0) is 49.1 Å². The van der Waals surface area contributed by atoms with Gasteiger partial charge in [0.25, 0.3) is 0 Å². The lowest BCUT2D eigenvalue weighted by Crippen LogP contribution is -2.27. The minimum atomic E-state index is -3.44. The summed E-state index contributed by atoms with van der Waals surface area (Å²) in [6.07, 6.45) is 3.17. The number of benzene rings is 1. The smallest absolute Gasteiger partial charge is 0.244 e. The molecule has 2 heterocycles. The number of sulfonamides is 1. The van der Waals surface area contributed by atoms with E-state index in [0.29, 0.717) is 31.0 Å². The first-order chi connectivity index (χ1) is 11.5. The van der Waals surface area contributed by atoms with E-state index in [0.717, 1.165) is 18.4 Å². The first kappa shape index (κ1) is 16.9. The van der Waals surface area contributed by atoms with Gasteiger partial charge < -0.3 is 5.32 Å². The molecule has 0 unspecified atom stereocenters. The molecule has 3 rings (SSSR count). The third kappa shape index (κ3) is 3.57. The molecule has 1 aliphatic rings. The highest BCUT2D eigenvalue weighted by Crippen LogP contribution is 2.21. The van der Waals surface area contributed by atoms with Gasteiger partial charge in [0.2, 0.25) is 10.0 Å². The van der Waals surface area contributed by atoms with Gasteiger partial charge >= 0.3 is 0 Å². The van der Waals surface area contributed by atoms with E-state index in [9.17, 15) is 12.8 Å². The molecule has 0 radical (unpaired) electrons. The Balaban J connectivity index is 1.67. The number of pyridine rings is 1. The summed E-state index contributed by atoms with van der Waals surface area (Å²) in [7, 11) is -3.44. The van der Waals surface area contributed by atoms with E-state index in [4.69, 9.17) is 0 Å². The fourth-order valence-electron chi connectivity index (χ4n) is 2.65. The Labute approximate surface area is 141 Å². The van der Waals surface area contributed by atoms with E-state index < -0.39 is 10.0 Å². The van der Waals surface area contributed by atoms with Crippen LogP contribution in [0.5, 0.6) is 0 Å². The van der Waals surface area contributed by atoms with Crippen LogP contribution in [-0.2, 0) is 16.6 Å². The van der Waals surface area contributed by atoms with Gasteiger partial charge in [-0.2, -0.15) is 4.31 Å². The summed E-state index contributed by atoms with van der Waals surface area (Å²) in [5.74, 6) is 0.311. The third-order valence-corrected chi connectivity index (χ3v) is 6.03. The minimum absolute atomic E-state index is 0.205. The zero-order valence-corrected chi connectivity index (χ0v) is 14.3. The second-order valence-electron chi connectivity index (χ2n) is 5.93. The van der Waals surface area contributed by atoms with E-state index in [2.05, 4.69) is 10.3 Å². The van der Waals surface area contributed by atoms with Crippen LogP contribution in [0.2, 0.25) is 0 Å². The molecule has 2 aromatic rings. The lowest BCUT2D eigenvalue weighted by molar-refractivity contribution is 0.477. The second kappa shape index (κ2) is 6.86. The second-order valence-corrected chi connectivity index (χ2v) is 7.87. The number of hydrogen-bond acceptors (Lipinski definition) is 4. The van der Waals surface area contributed by atoms with Crippen molar-refractivity contribution in [3.05, 3.63) is 53.5 Å². The number of aromatic nitrogens is 1. The van der Waals surface area contributed by atoms with Crippen LogP contribution in [0.1, 0.15) is 24.0 Å². The molecule has 1 N–H and O–H groups in total. The van der Waals surface area contributed by atoms with Crippen molar-refractivity contribution in [2.75, 3.05) is 18.4 Å². The summed E-state index contributed by atoms with van der Waals surface area (Å²) in [4.78, 5) is 4.37. The number of nitrogens with one attached hydrogen (secondary N) is 1. The summed E-state index contributed by atoms with van der Waals surface area (Å²) >= 11 is 0. The average molecular weight is 349 g/mol. The van der Waals surface area contributed by atoms with Crippen LogP contribution in [0.25, 0.3) is 0 Å². The van der Waals surface area contributed by atoms with Gasteiger partial charge in [-0.1, -0.05) is 12.1 Å². The zero-order valence-electron chi connectivity index (χ0n) is 13.5. The lowest BCUT2D eigenvalue weighted by atomic mass is 10.1. The Hall–Kier alpha value is -1.99. The van der Waals surface area contributed by atoms with Gasteiger partial charge in [0.05, 0.1) is 0 Å². The Bertz CT molecular complexity index is 816. The number of nitrogens with zero attached hydrogens (tertiary/aromatic N) is 2. The molecule has 0 amide bonds. The van der Waals surface area contributed by atoms with E-state index in [1.807, 2.05) is 6.07 Å².